The lowest BCUT2D eigenvalue weighted by Crippen LogP contribution is -2.18. The molecule has 3 heteroatoms. The second-order valence-electron chi connectivity index (χ2n) is 5.26. The number of nitriles is 1. The highest BCUT2D eigenvalue weighted by Crippen LogP contribution is 2.49. The van der Waals surface area contributed by atoms with Gasteiger partial charge in [-0.1, -0.05) is 0 Å². The lowest BCUT2D eigenvalue weighted by molar-refractivity contribution is 0.428. The van der Waals surface area contributed by atoms with Gasteiger partial charge in [-0.15, -0.1) is 0 Å². The topological polar surface area (TPSA) is 48.7 Å². The number of rotatable bonds is 5. The third-order valence-electron chi connectivity index (χ3n) is 3.87. The van der Waals surface area contributed by atoms with Crippen molar-refractivity contribution in [3.63, 3.8) is 0 Å². The highest BCUT2D eigenvalue weighted by molar-refractivity contribution is 5.45. The van der Waals surface area contributed by atoms with E-state index < -0.39 is 0 Å². The van der Waals surface area contributed by atoms with Crippen molar-refractivity contribution in [2.24, 2.45) is 17.8 Å². The first kappa shape index (κ1) is 10.6. The maximum absolute atomic E-state index is 8.80. The Hall–Kier alpha value is -1.56. The molecule has 3 rings (SSSR count). The van der Waals surface area contributed by atoms with E-state index in [9.17, 15) is 0 Å². The van der Waals surface area contributed by atoms with Crippen molar-refractivity contribution in [2.45, 2.75) is 25.7 Å². The number of pyridine rings is 1. The molecular formula is C14H17N3. The molecule has 0 spiro atoms. The third-order valence-corrected chi connectivity index (χ3v) is 3.87. The zero-order valence-corrected chi connectivity index (χ0v) is 9.89. The quantitative estimate of drug-likeness (QED) is 0.841. The molecular weight excluding hydrogens is 210 g/mol. The van der Waals surface area contributed by atoms with Gasteiger partial charge in [0, 0.05) is 18.4 Å². The van der Waals surface area contributed by atoms with Gasteiger partial charge in [0.25, 0.3) is 0 Å². The van der Waals surface area contributed by atoms with E-state index in [1.807, 2.05) is 12.1 Å². The summed E-state index contributed by atoms with van der Waals surface area (Å²) in [4.78, 5) is 3.98. The molecule has 88 valence electrons. The lowest BCUT2D eigenvalue weighted by atomic mass is 9.98. The Kier molecular flexibility index (Phi) is 2.72. The van der Waals surface area contributed by atoms with E-state index >= 15 is 0 Å². The molecule has 2 saturated carbocycles. The first-order chi connectivity index (χ1) is 8.36. The van der Waals surface area contributed by atoms with Gasteiger partial charge in [0.1, 0.15) is 11.8 Å². The van der Waals surface area contributed by atoms with E-state index in [0.29, 0.717) is 5.69 Å². The average molecular weight is 227 g/mol. The molecule has 1 N–H and O–H groups in total. The Morgan fingerprint density at radius 2 is 2.06 bits per heavy atom. The number of nitrogens with zero attached hydrogens (tertiary/aromatic N) is 2. The number of hydrogen-bond donors (Lipinski definition) is 1. The van der Waals surface area contributed by atoms with Gasteiger partial charge < -0.3 is 5.32 Å². The van der Waals surface area contributed by atoms with Crippen molar-refractivity contribution in [3.05, 3.63) is 24.0 Å². The first-order valence-corrected chi connectivity index (χ1v) is 6.47. The number of anilines is 1. The molecule has 0 amide bonds. The Bertz CT molecular complexity index is 429. The Morgan fingerprint density at radius 3 is 2.65 bits per heavy atom. The van der Waals surface area contributed by atoms with Crippen LogP contribution in [-0.4, -0.2) is 11.5 Å². The molecule has 2 fully saturated rings. The molecule has 0 aliphatic heterocycles. The third kappa shape index (κ3) is 2.58. The van der Waals surface area contributed by atoms with Gasteiger partial charge in [-0.2, -0.15) is 5.26 Å². The van der Waals surface area contributed by atoms with Crippen molar-refractivity contribution >= 4 is 5.69 Å². The maximum atomic E-state index is 8.80. The molecule has 0 aromatic carbocycles. The molecule has 1 aromatic rings. The highest BCUT2D eigenvalue weighted by atomic mass is 14.9. The van der Waals surface area contributed by atoms with Crippen LogP contribution in [0.15, 0.2) is 18.3 Å². The van der Waals surface area contributed by atoms with Crippen LogP contribution in [-0.2, 0) is 0 Å². The fraction of sp³-hybridized carbons (Fsp3) is 0.571. The number of nitrogens with one attached hydrogen (secondary N) is 1. The monoisotopic (exact) mass is 227 g/mol. The second kappa shape index (κ2) is 4.37. The van der Waals surface area contributed by atoms with Gasteiger partial charge in [0.05, 0.1) is 0 Å². The van der Waals surface area contributed by atoms with Crippen molar-refractivity contribution < 1.29 is 0 Å². The molecule has 0 unspecified atom stereocenters. The molecule has 3 nitrogen and oxygen atoms in total. The summed E-state index contributed by atoms with van der Waals surface area (Å²) in [5.41, 5.74) is 1.52. The van der Waals surface area contributed by atoms with Gasteiger partial charge in [-0.3, -0.25) is 0 Å². The van der Waals surface area contributed by atoms with Crippen LogP contribution >= 0.6 is 0 Å². The van der Waals surface area contributed by atoms with Gasteiger partial charge in [-0.05, 0) is 55.6 Å². The van der Waals surface area contributed by atoms with E-state index in [-0.39, 0.29) is 0 Å². The molecule has 2 aliphatic rings. The molecule has 0 atom stereocenters. The highest BCUT2D eigenvalue weighted by Gasteiger charge is 2.40. The SMILES string of the molecule is N#Cc1cc(NCC(C2CC2)C2CC2)ccn1. The van der Waals surface area contributed by atoms with Crippen molar-refractivity contribution in [1.82, 2.24) is 4.98 Å². The van der Waals surface area contributed by atoms with Crippen LogP contribution in [0.5, 0.6) is 0 Å². The second-order valence-corrected chi connectivity index (χ2v) is 5.26. The standard InChI is InChI=1S/C14H17N3/c15-8-13-7-12(5-6-16-13)17-9-14(10-1-2-10)11-3-4-11/h5-7,10-11,14H,1-4,9H2,(H,16,17). The zero-order chi connectivity index (χ0) is 11.7. The first-order valence-electron chi connectivity index (χ1n) is 6.47. The molecule has 1 heterocycles. The minimum atomic E-state index is 0.490. The van der Waals surface area contributed by atoms with Crippen LogP contribution in [0.2, 0.25) is 0 Å². The van der Waals surface area contributed by atoms with Crippen molar-refractivity contribution in [1.29, 1.82) is 5.26 Å². The summed E-state index contributed by atoms with van der Waals surface area (Å²) in [7, 11) is 0. The van der Waals surface area contributed by atoms with Gasteiger partial charge in [-0.25, -0.2) is 4.98 Å². The van der Waals surface area contributed by atoms with E-state index in [2.05, 4.69) is 16.4 Å². The van der Waals surface area contributed by atoms with Crippen LogP contribution in [0.4, 0.5) is 5.69 Å². The molecule has 0 bridgehead atoms. The molecule has 0 saturated heterocycles. The van der Waals surface area contributed by atoms with Gasteiger partial charge >= 0.3 is 0 Å². The largest absolute Gasteiger partial charge is 0.385 e. The van der Waals surface area contributed by atoms with Crippen molar-refractivity contribution in [3.8, 4) is 6.07 Å². The summed E-state index contributed by atoms with van der Waals surface area (Å²) in [5.74, 6) is 2.79. The number of aromatic nitrogens is 1. The predicted octanol–water partition coefficient (Wildman–Crippen LogP) is 2.80. The summed E-state index contributed by atoms with van der Waals surface area (Å²) < 4.78 is 0. The Morgan fingerprint density at radius 1 is 1.35 bits per heavy atom. The summed E-state index contributed by atoms with van der Waals surface area (Å²) in [6, 6.07) is 5.85. The molecule has 0 radical (unpaired) electrons. The summed E-state index contributed by atoms with van der Waals surface area (Å²) >= 11 is 0. The van der Waals surface area contributed by atoms with Crippen LogP contribution in [0.3, 0.4) is 0 Å². The normalized spacial score (nSPS) is 19.1. The smallest absolute Gasteiger partial charge is 0.142 e. The minimum Gasteiger partial charge on any atom is -0.385 e. The van der Waals surface area contributed by atoms with Gasteiger partial charge in [0.2, 0.25) is 0 Å². The minimum absolute atomic E-state index is 0.490. The van der Waals surface area contributed by atoms with E-state index in [1.54, 1.807) is 6.20 Å². The van der Waals surface area contributed by atoms with Crippen LogP contribution in [0, 0.1) is 29.1 Å². The molecule has 1 aromatic heterocycles. The Labute approximate surface area is 102 Å². The van der Waals surface area contributed by atoms with E-state index in [4.69, 9.17) is 5.26 Å². The fourth-order valence-corrected chi connectivity index (χ4v) is 2.60. The summed E-state index contributed by atoms with van der Waals surface area (Å²) in [5, 5.41) is 12.3. The van der Waals surface area contributed by atoms with Gasteiger partial charge in [0.15, 0.2) is 0 Å². The summed E-state index contributed by atoms with van der Waals surface area (Å²) in [6.45, 7) is 1.06. The lowest BCUT2D eigenvalue weighted by Gasteiger charge is -2.17. The van der Waals surface area contributed by atoms with Crippen LogP contribution < -0.4 is 5.32 Å². The van der Waals surface area contributed by atoms with E-state index in [1.165, 1.54) is 25.7 Å². The summed E-state index contributed by atoms with van der Waals surface area (Å²) in [6.07, 6.45) is 7.38. The van der Waals surface area contributed by atoms with E-state index in [0.717, 1.165) is 30.0 Å². The van der Waals surface area contributed by atoms with Crippen LogP contribution in [0.1, 0.15) is 31.4 Å². The fourth-order valence-electron chi connectivity index (χ4n) is 2.60. The molecule has 2 aliphatic carbocycles. The average Bonchev–Trinajstić information content (AvgIpc) is 3.22. The zero-order valence-electron chi connectivity index (χ0n) is 9.89. The van der Waals surface area contributed by atoms with Crippen molar-refractivity contribution in [2.75, 3.05) is 11.9 Å². The Balaban J connectivity index is 1.60. The predicted molar refractivity (Wildman–Crippen MR) is 66.4 cm³/mol. The number of hydrogen-bond acceptors (Lipinski definition) is 3. The van der Waals surface area contributed by atoms with Crippen LogP contribution in [0.25, 0.3) is 0 Å². The maximum Gasteiger partial charge on any atom is 0.142 e. The molecule has 17 heavy (non-hydrogen) atoms.